The number of nitrogens with one attached hydrogen (secondary N) is 2. The molecule has 0 aliphatic carbocycles. The van der Waals surface area contributed by atoms with Crippen LogP contribution in [0.15, 0.2) is 24.4 Å². The van der Waals surface area contributed by atoms with E-state index in [1.807, 2.05) is 0 Å². The fourth-order valence-corrected chi connectivity index (χ4v) is 1.84. The van der Waals surface area contributed by atoms with E-state index in [0.717, 1.165) is 0 Å². The summed E-state index contributed by atoms with van der Waals surface area (Å²) in [5.74, 6) is -0.0851. The molecule has 0 atom stereocenters. The summed E-state index contributed by atoms with van der Waals surface area (Å²) < 4.78 is 4.95. The van der Waals surface area contributed by atoms with Gasteiger partial charge in [0.25, 0.3) is 5.91 Å². The van der Waals surface area contributed by atoms with Gasteiger partial charge in [0, 0.05) is 12.3 Å². The van der Waals surface area contributed by atoms with Crippen molar-refractivity contribution in [3.05, 3.63) is 40.3 Å². The number of ether oxygens (including phenoxy) is 1. The Morgan fingerprint density at radius 2 is 2.05 bits per heavy atom. The third-order valence-electron chi connectivity index (χ3n) is 2.32. The highest BCUT2D eigenvalue weighted by atomic mass is 35.5. The summed E-state index contributed by atoms with van der Waals surface area (Å²) in [5.41, 5.74) is 0.304. The van der Waals surface area contributed by atoms with Crippen molar-refractivity contribution < 1.29 is 9.53 Å². The van der Waals surface area contributed by atoms with E-state index in [-0.39, 0.29) is 27.2 Å². The summed E-state index contributed by atoms with van der Waals surface area (Å²) in [4.78, 5) is 23.6. The predicted octanol–water partition coefficient (Wildman–Crippen LogP) is 2.31. The highest BCUT2D eigenvalue weighted by Crippen LogP contribution is 2.15. The number of hydrogen-bond acceptors (Lipinski definition) is 6. The van der Waals surface area contributed by atoms with Crippen LogP contribution in [0.25, 0.3) is 0 Å². The monoisotopic (exact) mass is 357 g/mol. The van der Waals surface area contributed by atoms with E-state index >= 15 is 0 Å². The van der Waals surface area contributed by atoms with E-state index in [1.54, 1.807) is 0 Å². The molecule has 2 rings (SSSR count). The number of nitrogens with zero attached hydrogens (tertiary/aromatic N) is 3. The van der Waals surface area contributed by atoms with Crippen LogP contribution in [-0.4, -0.2) is 33.1 Å². The van der Waals surface area contributed by atoms with E-state index in [2.05, 4.69) is 25.6 Å². The Hall–Kier alpha value is -2.03. The fraction of sp³-hybridized carbons (Fsp3) is 0.0833. The molecule has 0 radical (unpaired) electrons. The third kappa shape index (κ3) is 4.48. The second-order valence-corrected chi connectivity index (χ2v) is 5.02. The summed E-state index contributed by atoms with van der Waals surface area (Å²) in [6, 6.07) is 4.46. The van der Waals surface area contributed by atoms with Crippen molar-refractivity contribution in [2.24, 2.45) is 0 Å². The van der Waals surface area contributed by atoms with Gasteiger partial charge in [0.1, 0.15) is 10.3 Å². The van der Waals surface area contributed by atoms with Gasteiger partial charge in [-0.15, -0.1) is 0 Å². The maximum absolute atomic E-state index is 11.9. The Bertz CT molecular complexity index is 711. The lowest BCUT2D eigenvalue weighted by molar-refractivity contribution is 0.0977. The molecule has 2 heterocycles. The van der Waals surface area contributed by atoms with Crippen molar-refractivity contribution in [2.75, 3.05) is 12.4 Å². The third-order valence-corrected chi connectivity index (χ3v) is 2.94. The predicted molar refractivity (Wildman–Crippen MR) is 86.5 cm³/mol. The van der Waals surface area contributed by atoms with Gasteiger partial charge in [0.15, 0.2) is 5.11 Å². The fourth-order valence-electron chi connectivity index (χ4n) is 1.38. The highest BCUT2D eigenvalue weighted by molar-refractivity contribution is 7.80. The van der Waals surface area contributed by atoms with Crippen LogP contribution in [0.1, 0.15) is 10.4 Å². The number of methoxy groups -OCH3 is 1. The Labute approximate surface area is 141 Å². The van der Waals surface area contributed by atoms with Crippen molar-refractivity contribution in [1.82, 2.24) is 20.3 Å². The SMILES string of the molecule is COc1cc(Cl)nc(NC(=S)NC(=O)c2ccc(Cl)nc2)n1. The minimum Gasteiger partial charge on any atom is -0.481 e. The zero-order chi connectivity index (χ0) is 16.1. The van der Waals surface area contributed by atoms with Crippen LogP contribution in [0.4, 0.5) is 5.95 Å². The molecular weight excluding hydrogens is 349 g/mol. The molecule has 0 bridgehead atoms. The van der Waals surface area contributed by atoms with Gasteiger partial charge in [0.2, 0.25) is 11.8 Å². The van der Waals surface area contributed by atoms with Gasteiger partial charge in [-0.2, -0.15) is 4.98 Å². The van der Waals surface area contributed by atoms with Crippen LogP contribution in [-0.2, 0) is 0 Å². The number of pyridine rings is 1. The summed E-state index contributed by atoms with van der Waals surface area (Å²) >= 11 is 16.5. The van der Waals surface area contributed by atoms with E-state index in [4.69, 9.17) is 40.2 Å². The Balaban J connectivity index is 2.02. The molecule has 0 aliphatic heterocycles. The normalized spacial score (nSPS) is 9.95. The Morgan fingerprint density at radius 3 is 2.68 bits per heavy atom. The molecule has 0 spiro atoms. The maximum atomic E-state index is 11.9. The van der Waals surface area contributed by atoms with Crippen molar-refractivity contribution in [1.29, 1.82) is 0 Å². The van der Waals surface area contributed by atoms with Gasteiger partial charge in [-0.1, -0.05) is 23.2 Å². The molecule has 0 aromatic carbocycles. The lowest BCUT2D eigenvalue weighted by Crippen LogP contribution is -2.34. The molecule has 0 saturated carbocycles. The molecule has 2 aromatic rings. The van der Waals surface area contributed by atoms with Crippen molar-refractivity contribution in [3.8, 4) is 5.88 Å². The lowest BCUT2D eigenvalue weighted by Gasteiger charge is -2.09. The van der Waals surface area contributed by atoms with E-state index in [1.165, 1.54) is 31.5 Å². The first-order chi connectivity index (χ1) is 10.5. The number of rotatable bonds is 3. The molecule has 10 heteroatoms. The van der Waals surface area contributed by atoms with Crippen LogP contribution in [0.2, 0.25) is 10.3 Å². The van der Waals surface area contributed by atoms with Gasteiger partial charge in [-0.25, -0.2) is 9.97 Å². The standard InChI is InChI=1S/C12H9Cl2N5O2S/c1-21-9-4-8(14)16-11(17-9)19-12(22)18-10(20)6-2-3-7(13)15-5-6/h2-5H,1H3,(H2,16,17,18,19,20,22). The minimum atomic E-state index is -0.448. The lowest BCUT2D eigenvalue weighted by atomic mass is 10.3. The van der Waals surface area contributed by atoms with Gasteiger partial charge in [0.05, 0.1) is 12.7 Å². The molecule has 0 aliphatic rings. The number of halogens is 2. The molecular formula is C12H9Cl2N5O2S. The molecule has 22 heavy (non-hydrogen) atoms. The molecule has 7 nitrogen and oxygen atoms in total. The first kappa shape index (κ1) is 16.3. The first-order valence-corrected chi connectivity index (χ1v) is 6.97. The number of hydrogen-bond donors (Lipinski definition) is 2. The van der Waals surface area contributed by atoms with Gasteiger partial charge in [-0.05, 0) is 24.4 Å². The van der Waals surface area contributed by atoms with Crippen LogP contribution >= 0.6 is 35.4 Å². The molecule has 2 aromatic heterocycles. The van der Waals surface area contributed by atoms with Crippen molar-refractivity contribution in [3.63, 3.8) is 0 Å². The summed E-state index contributed by atoms with van der Waals surface area (Å²) in [6.07, 6.45) is 1.33. The first-order valence-electron chi connectivity index (χ1n) is 5.80. The zero-order valence-electron chi connectivity index (χ0n) is 11.1. The van der Waals surface area contributed by atoms with Crippen LogP contribution in [0.3, 0.4) is 0 Å². The number of thiocarbonyl (C=S) groups is 1. The molecule has 0 saturated heterocycles. The molecule has 2 N–H and O–H groups in total. The molecule has 0 fully saturated rings. The highest BCUT2D eigenvalue weighted by Gasteiger charge is 2.10. The summed E-state index contributed by atoms with van der Waals surface area (Å²) in [7, 11) is 1.44. The second-order valence-electron chi connectivity index (χ2n) is 3.83. The zero-order valence-corrected chi connectivity index (χ0v) is 13.5. The summed E-state index contributed by atoms with van der Waals surface area (Å²) in [6.45, 7) is 0. The largest absolute Gasteiger partial charge is 0.481 e. The van der Waals surface area contributed by atoms with Crippen molar-refractivity contribution in [2.45, 2.75) is 0 Å². The Morgan fingerprint density at radius 1 is 1.27 bits per heavy atom. The average molecular weight is 358 g/mol. The van der Waals surface area contributed by atoms with E-state index < -0.39 is 5.91 Å². The maximum Gasteiger partial charge on any atom is 0.258 e. The number of carbonyl (C=O) groups is 1. The number of anilines is 1. The van der Waals surface area contributed by atoms with Gasteiger partial charge >= 0.3 is 0 Å². The van der Waals surface area contributed by atoms with Crippen molar-refractivity contribution >= 4 is 52.4 Å². The summed E-state index contributed by atoms with van der Waals surface area (Å²) in [5, 5.41) is 5.56. The van der Waals surface area contributed by atoms with Gasteiger partial charge in [-0.3, -0.25) is 10.1 Å². The molecule has 0 unspecified atom stereocenters. The number of aromatic nitrogens is 3. The minimum absolute atomic E-state index is 0.00395. The number of amides is 1. The quantitative estimate of drug-likeness (QED) is 0.494. The van der Waals surface area contributed by atoms with E-state index in [9.17, 15) is 4.79 Å². The second kappa shape index (κ2) is 7.30. The van der Waals surface area contributed by atoms with Crippen LogP contribution in [0, 0.1) is 0 Å². The Kier molecular flexibility index (Phi) is 5.42. The van der Waals surface area contributed by atoms with Crippen LogP contribution < -0.4 is 15.4 Å². The molecule has 114 valence electrons. The average Bonchev–Trinajstić information content (AvgIpc) is 2.46. The number of carbonyl (C=O) groups excluding carboxylic acids is 1. The molecule has 1 amide bonds. The van der Waals surface area contributed by atoms with E-state index in [0.29, 0.717) is 5.56 Å². The topological polar surface area (TPSA) is 89.0 Å². The van der Waals surface area contributed by atoms with Crippen LogP contribution in [0.5, 0.6) is 5.88 Å². The smallest absolute Gasteiger partial charge is 0.258 e. The van der Waals surface area contributed by atoms with Gasteiger partial charge < -0.3 is 10.1 Å².